The first-order valence-electron chi connectivity index (χ1n) is 9.59. The van der Waals surface area contributed by atoms with Crippen LogP contribution in [-0.2, 0) is 11.2 Å². The van der Waals surface area contributed by atoms with E-state index in [0.717, 1.165) is 50.6 Å². The number of amides is 1. The van der Waals surface area contributed by atoms with Crippen molar-refractivity contribution in [1.82, 2.24) is 10.2 Å². The maximum absolute atomic E-state index is 11.2. The molecule has 0 spiro atoms. The van der Waals surface area contributed by atoms with Crippen LogP contribution >= 0.6 is 24.0 Å². The molecular weight excluding hydrogens is 467 g/mol. The molecule has 1 aliphatic heterocycles. The molecule has 2 rings (SSSR count). The van der Waals surface area contributed by atoms with E-state index in [-0.39, 0.29) is 36.5 Å². The predicted octanol–water partition coefficient (Wildman–Crippen LogP) is 2.41. The lowest BCUT2D eigenvalue weighted by atomic mass is 9.95. The van der Waals surface area contributed by atoms with E-state index in [9.17, 15) is 4.79 Å². The number of benzene rings is 1. The summed E-state index contributed by atoms with van der Waals surface area (Å²) in [4.78, 5) is 18.2. The van der Waals surface area contributed by atoms with Gasteiger partial charge in [-0.1, -0.05) is 18.1 Å². The van der Waals surface area contributed by atoms with Gasteiger partial charge in [-0.15, -0.1) is 30.4 Å². The third-order valence-corrected chi connectivity index (χ3v) is 4.55. The van der Waals surface area contributed by atoms with Gasteiger partial charge in [0.1, 0.15) is 12.4 Å². The first-order valence-corrected chi connectivity index (χ1v) is 9.59. The zero-order valence-corrected chi connectivity index (χ0v) is 18.9. The summed E-state index contributed by atoms with van der Waals surface area (Å²) in [7, 11) is 0. The van der Waals surface area contributed by atoms with Crippen molar-refractivity contribution in [3.05, 3.63) is 29.8 Å². The second kappa shape index (κ2) is 13.3. The monoisotopic (exact) mass is 498 g/mol. The molecule has 1 atom stereocenters. The number of nitrogens with zero attached hydrogens (tertiary/aromatic N) is 2. The molecule has 1 amide bonds. The number of carbonyl (C=O) groups is 1. The Morgan fingerprint density at radius 3 is 2.82 bits per heavy atom. The van der Waals surface area contributed by atoms with Crippen molar-refractivity contribution in [2.24, 2.45) is 16.6 Å². The number of guanidine groups is 1. The van der Waals surface area contributed by atoms with Crippen molar-refractivity contribution in [2.45, 2.75) is 32.6 Å². The summed E-state index contributed by atoms with van der Waals surface area (Å²) >= 11 is 0. The minimum absolute atomic E-state index is 0. The van der Waals surface area contributed by atoms with E-state index in [1.165, 1.54) is 5.56 Å². The zero-order valence-electron chi connectivity index (χ0n) is 16.5. The van der Waals surface area contributed by atoms with Crippen LogP contribution < -0.4 is 15.8 Å². The highest BCUT2D eigenvalue weighted by Gasteiger charge is 2.23. The Morgan fingerprint density at radius 1 is 1.43 bits per heavy atom. The minimum Gasteiger partial charge on any atom is -0.481 e. The van der Waals surface area contributed by atoms with E-state index >= 15 is 0 Å². The molecule has 7 heteroatoms. The number of hydrogen-bond acceptors (Lipinski definition) is 3. The van der Waals surface area contributed by atoms with Crippen LogP contribution in [0.3, 0.4) is 0 Å². The fourth-order valence-corrected chi connectivity index (χ4v) is 3.30. The molecule has 1 aliphatic rings. The van der Waals surface area contributed by atoms with Crippen LogP contribution in [0, 0.1) is 18.3 Å². The van der Waals surface area contributed by atoms with Gasteiger partial charge in [-0.3, -0.25) is 9.79 Å². The van der Waals surface area contributed by atoms with E-state index < -0.39 is 0 Å². The van der Waals surface area contributed by atoms with Gasteiger partial charge in [0.2, 0.25) is 5.91 Å². The van der Waals surface area contributed by atoms with Gasteiger partial charge >= 0.3 is 0 Å². The highest BCUT2D eigenvalue weighted by Crippen LogP contribution is 2.19. The van der Waals surface area contributed by atoms with Crippen LogP contribution in [0.1, 0.15) is 31.7 Å². The van der Waals surface area contributed by atoms with Crippen LogP contribution in [0.2, 0.25) is 0 Å². The molecule has 0 radical (unpaired) electrons. The second-order valence-corrected chi connectivity index (χ2v) is 6.75. The average molecular weight is 498 g/mol. The number of piperidine rings is 1. The number of aliphatic imine (C=N–C) groups is 1. The quantitative estimate of drug-likeness (QED) is 0.250. The van der Waals surface area contributed by atoms with Crippen molar-refractivity contribution < 1.29 is 9.53 Å². The summed E-state index contributed by atoms with van der Waals surface area (Å²) in [5, 5.41) is 3.37. The molecule has 1 unspecified atom stereocenters. The molecule has 1 aromatic rings. The molecule has 3 N–H and O–H groups in total. The number of ether oxygens (including phenoxy) is 1. The van der Waals surface area contributed by atoms with Gasteiger partial charge in [0, 0.05) is 32.6 Å². The summed E-state index contributed by atoms with van der Waals surface area (Å²) in [6.07, 6.45) is 8.60. The molecule has 0 aliphatic carbocycles. The maximum Gasteiger partial charge on any atom is 0.217 e. The Balaban J connectivity index is 0.00000392. The van der Waals surface area contributed by atoms with Gasteiger partial charge in [0.15, 0.2) is 5.96 Å². The normalized spacial score (nSPS) is 16.6. The predicted molar refractivity (Wildman–Crippen MR) is 124 cm³/mol. The minimum atomic E-state index is -0.224. The third kappa shape index (κ3) is 8.38. The molecule has 0 bridgehead atoms. The summed E-state index contributed by atoms with van der Waals surface area (Å²) in [5.41, 5.74) is 6.57. The number of primary amides is 1. The van der Waals surface area contributed by atoms with Crippen molar-refractivity contribution in [3.63, 3.8) is 0 Å². The molecule has 28 heavy (non-hydrogen) atoms. The van der Waals surface area contributed by atoms with Gasteiger partial charge in [0.25, 0.3) is 0 Å². The van der Waals surface area contributed by atoms with E-state index in [4.69, 9.17) is 21.9 Å². The lowest BCUT2D eigenvalue weighted by molar-refractivity contribution is -0.119. The van der Waals surface area contributed by atoms with Crippen LogP contribution in [-0.4, -0.2) is 49.6 Å². The van der Waals surface area contributed by atoms with E-state index in [1.807, 2.05) is 24.3 Å². The lowest BCUT2D eigenvalue weighted by Gasteiger charge is -2.34. The molecule has 154 valence electrons. The Bertz CT molecular complexity index is 670. The Labute approximate surface area is 185 Å². The molecular formula is C21H31IN4O2. The summed E-state index contributed by atoms with van der Waals surface area (Å²) in [5.74, 6) is 4.25. The Morgan fingerprint density at radius 2 is 2.18 bits per heavy atom. The number of nitrogens with one attached hydrogen (secondary N) is 1. The Kier molecular flexibility index (Phi) is 11.4. The molecule has 0 saturated carbocycles. The second-order valence-electron chi connectivity index (χ2n) is 6.75. The standard InChI is InChI=1S/C21H30N4O2.HI/c1-3-14-27-19-9-7-17(8-10-19)11-12-24-21(23-4-2)25-13-5-6-18(16-25)15-20(22)26;/h1,7-10,18H,4-6,11-16H2,2H3,(H2,22,26)(H,23,24);1H. The largest absolute Gasteiger partial charge is 0.481 e. The smallest absolute Gasteiger partial charge is 0.217 e. The summed E-state index contributed by atoms with van der Waals surface area (Å²) in [6.45, 7) is 5.65. The van der Waals surface area contributed by atoms with Gasteiger partial charge in [-0.2, -0.15) is 0 Å². The highest BCUT2D eigenvalue weighted by atomic mass is 127. The van der Waals surface area contributed by atoms with Crippen molar-refractivity contribution in [2.75, 3.05) is 32.8 Å². The maximum atomic E-state index is 11.2. The fraction of sp³-hybridized carbons (Fsp3) is 0.524. The first-order chi connectivity index (χ1) is 13.1. The number of terminal acetylenes is 1. The summed E-state index contributed by atoms with van der Waals surface area (Å²) < 4.78 is 5.39. The number of likely N-dealkylation sites (tertiary alicyclic amines) is 1. The topological polar surface area (TPSA) is 79.9 Å². The van der Waals surface area contributed by atoms with Crippen LogP contribution in [0.5, 0.6) is 5.75 Å². The van der Waals surface area contributed by atoms with Gasteiger partial charge < -0.3 is 20.7 Å². The number of carbonyl (C=O) groups excluding carboxylic acids is 1. The van der Waals surface area contributed by atoms with E-state index in [0.29, 0.717) is 18.9 Å². The van der Waals surface area contributed by atoms with Gasteiger partial charge in [-0.05, 0) is 49.8 Å². The number of hydrogen-bond donors (Lipinski definition) is 2. The molecule has 1 saturated heterocycles. The zero-order chi connectivity index (χ0) is 19.5. The van der Waals surface area contributed by atoms with Crippen molar-refractivity contribution in [3.8, 4) is 18.1 Å². The highest BCUT2D eigenvalue weighted by molar-refractivity contribution is 14.0. The SMILES string of the molecule is C#CCOc1ccc(CCN=C(NCC)N2CCCC(CC(N)=O)C2)cc1.I. The summed E-state index contributed by atoms with van der Waals surface area (Å²) in [6, 6.07) is 7.94. The van der Waals surface area contributed by atoms with Crippen LogP contribution in [0.25, 0.3) is 0 Å². The lowest BCUT2D eigenvalue weighted by Crippen LogP contribution is -2.47. The Hall–Kier alpha value is -1.95. The van der Waals surface area contributed by atoms with Gasteiger partial charge in [-0.25, -0.2) is 0 Å². The average Bonchev–Trinajstić information content (AvgIpc) is 2.66. The molecule has 1 heterocycles. The first kappa shape index (κ1) is 24.1. The van der Waals surface area contributed by atoms with E-state index in [2.05, 4.69) is 23.1 Å². The van der Waals surface area contributed by atoms with Gasteiger partial charge in [0.05, 0.1) is 0 Å². The fourth-order valence-electron chi connectivity index (χ4n) is 3.30. The van der Waals surface area contributed by atoms with Crippen molar-refractivity contribution >= 4 is 35.8 Å². The number of nitrogens with two attached hydrogens (primary N) is 1. The number of halogens is 1. The third-order valence-electron chi connectivity index (χ3n) is 4.55. The van der Waals surface area contributed by atoms with Crippen LogP contribution in [0.15, 0.2) is 29.3 Å². The molecule has 6 nitrogen and oxygen atoms in total. The van der Waals surface area contributed by atoms with Crippen molar-refractivity contribution in [1.29, 1.82) is 0 Å². The molecule has 0 aromatic heterocycles. The van der Waals surface area contributed by atoms with E-state index in [1.54, 1.807) is 0 Å². The van der Waals surface area contributed by atoms with Crippen LogP contribution in [0.4, 0.5) is 0 Å². The molecule has 1 fully saturated rings. The number of rotatable bonds is 8. The molecule has 1 aromatic carbocycles.